The third kappa shape index (κ3) is 2.91. The number of pyridine rings is 1. The summed E-state index contributed by atoms with van der Waals surface area (Å²) in [6, 6.07) is 13.3. The molecule has 1 aromatic heterocycles. The van der Waals surface area contributed by atoms with Crippen LogP contribution in [0, 0.1) is 0 Å². The Bertz CT molecular complexity index is 515. The highest BCUT2D eigenvalue weighted by Crippen LogP contribution is 2.26. The predicted octanol–water partition coefficient (Wildman–Crippen LogP) is 2.71. The summed E-state index contributed by atoms with van der Waals surface area (Å²) in [6.45, 7) is 0.413. The summed E-state index contributed by atoms with van der Waals surface area (Å²) in [5.74, 6) is 2.27. The van der Waals surface area contributed by atoms with E-state index >= 15 is 0 Å². The molecule has 0 saturated carbocycles. The van der Waals surface area contributed by atoms with Crippen molar-refractivity contribution < 1.29 is 9.47 Å². The molecule has 1 N–H and O–H groups in total. The zero-order valence-corrected chi connectivity index (χ0v) is 10.5. The second-order valence-electron chi connectivity index (χ2n) is 3.70. The maximum absolute atomic E-state index is 5.70. The van der Waals surface area contributed by atoms with Gasteiger partial charge in [0.2, 0.25) is 0 Å². The summed E-state index contributed by atoms with van der Waals surface area (Å²) < 4.78 is 10.9. The van der Waals surface area contributed by atoms with Crippen molar-refractivity contribution in [2.45, 2.75) is 6.61 Å². The molecule has 1 heterocycles. The molecule has 94 valence electrons. The summed E-state index contributed by atoms with van der Waals surface area (Å²) in [4.78, 5) is 4.38. The summed E-state index contributed by atoms with van der Waals surface area (Å²) in [5, 5.41) is 3.00. The Hall–Kier alpha value is -2.23. The minimum atomic E-state index is 0.413. The van der Waals surface area contributed by atoms with Crippen molar-refractivity contribution in [2.24, 2.45) is 0 Å². The molecule has 2 rings (SSSR count). The summed E-state index contributed by atoms with van der Waals surface area (Å²) >= 11 is 0. The van der Waals surface area contributed by atoms with E-state index in [9.17, 15) is 0 Å². The van der Waals surface area contributed by atoms with Crippen molar-refractivity contribution in [2.75, 3.05) is 19.5 Å². The normalized spacial score (nSPS) is 9.89. The van der Waals surface area contributed by atoms with E-state index in [-0.39, 0.29) is 0 Å². The maximum atomic E-state index is 5.70. The Morgan fingerprint density at radius 1 is 1.06 bits per heavy atom. The topological polar surface area (TPSA) is 43.4 Å². The lowest BCUT2D eigenvalue weighted by Gasteiger charge is -2.10. The van der Waals surface area contributed by atoms with Gasteiger partial charge in [-0.25, -0.2) is 4.98 Å². The molecule has 0 amide bonds. The van der Waals surface area contributed by atoms with Crippen molar-refractivity contribution in [3.8, 4) is 11.5 Å². The molecule has 1 aromatic carbocycles. The van der Waals surface area contributed by atoms with Crippen LogP contribution < -0.4 is 14.8 Å². The predicted molar refractivity (Wildman–Crippen MR) is 71.1 cm³/mol. The van der Waals surface area contributed by atoms with Crippen LogP contribution in [0.5, 0.6) is 11.5 Å². The standard InChI is InChI=1S/C14H16N2O2/c1-15-14-9-5-6-11(16-14)10-18-13-8-4-3-7-12(13)17-2/h3-9H,10H2,1-2H3,(H,15,16). The van der Waals surface area contributed by atoms with Crippen LogP contribution in [0.15, 0.2) is 42.5 Å². The van der Waals surface area contributed by atoms with E-state index in [1.807, 2.05) is 49.5 Å². The molecule has 4 heteroatoms. The highest BCUT2D eigenvalue weighted by atomic mass is 16.5. The van der Waals surface area contributed by atoms with Crippen LogP contribution in [0.3, 0.4) is 0 Å². The third-order valence-electron chi connectivity index (χ3n) is 2.51. The second kappa shape index (κ2) is 5.91. The largest absolute Gasteiger partial charge is 0.493 e. The number of ether oxygens (including phenoxy) is 2. The number of nitrogens with one attached hydrogen (secondary N) is 1. The first-order valence-corrected chi connectivity index (χ1v) is 5.73. The van der Waals surface area contributed by atoms with Gasteiger partial charge in [-0.05, 0) is 24.3 Å². The van der Waals surface area contributed by atoms with Crippen LogP contribution in [0.25, 0.3) is 0 Å². The Balaban J connectivity index is 2.06. The molecule has 0 atom stereocenters. The fraction of sp³-hybridized carbons (Fsp3) is 0.214. The Kier molecular flexibility index (Phi) is 4.02. The SMILES string of the molecule is CNc1cccc(COc2ccccc2OC)n1. The van der Waals surface area contributed by atoms with E-state index < -0.39 is 0 Å². The van der Waals surface area contributed by atoms with Gasteiger partial charge in [0, 0.05) is 7.05 Å². The maximum Gasteiger partial charge on any atom is 0.161 e. The Labute approximate surface area is 107 Å². The monoisotopic (exact) mass is 244 g/mol. The number of rotatable bonds is 5. The number of hydrogen-bond donors (Lipinski definition) is 1. The van der Waals surface area contributed by atoms with Gasteiger partial charge in [0.15, 0.2) is 11.5 Å². The fourth-order valence-corrected chi connectivity index (χ4v) is 1.59. The van der Waals surface area contributed by atoms with Crippen LogP contribution in [0.2, 0.25) is 0 Å². The van der Waals surface area contributed by atoms with Gasteiger partial charge in [0.05, 0.1) is 12.8 Å². The number of aromatic nitrogens is 1. The lowest BCUT2D eigenvalue weighted by atomic mass is 10.3. The van der Waals surface area contributed by atoms with Crippen molar-refractivity contribution in [3.05, 3.63) is 48.2 Å². The minimum absolute atomic E-state index is 0.413. The molecule has 0 saturated heterocycles. The number of hydrogen-bond acceptors (Lipinski definition) is 4. The highest BCUT2D eigenvalue weighted by Gasteiger charge is 2.03. The van der Waals surface area contributed by atoms with Crippen molar-refractivity contribution in [3.63, 3.8) is 0 Å². The van der Waals surface area contributed by atoms with E-state index in [0.29, 0.717) is 6.61 Å². The summed E-state index contributed by atoms with van der Waals surface area (Å²) in [6.07, 6.45) is 0. The van der Waals surface area contributed by atoms with Gasteiger partial charge < -0.3 is 14.8 Å². The lowest BCUT2D eigenvalue weighted by Crippen LogP contribution is -2.01. The minimum Gasteiger partial charge on any atom is -0.493 e. The fourth-order valence-electron chi connectivity index (χ4n) is 1.59. The van der Waals surface area contributed by atoms with Crippen LogP contribution >= 0.6 is 0 Å². The lowest BCUT2D eigenvalue weighted by molar-refractivity contribution is 0.281. The Morgan fingerprint density at radius 2 is 1.83 bits per heavy atom. The number of benzene rings is 1. The second-order valence-corrected chi connectivity index (χ2v) is 3.70. The van der Waals surface area contributed by atoms with Gasteiger partial charge in [-0.3, -0.25) is 0 Å². The first kappa shape index (κ1) is 12.2. The van der Waals surface area contributed by atoms with E-state index in [1.165, 1.54) is 0 Å². The first-order chi connectivity index (χ1) is 8.83. The number of para-hydroxylation sites is 2. The number of nitrogens with zero attached hydrogens (tertiary/aromatic N) is 1. The molecule has 0 aliphatic heterocycles. The summed E-state index contributed by atoms with van der Waals surface area (Å²) in [5.41, 5.74) is 0.868. The molecular formula is C14H16N2O2. The molecule has 18 heavy (non-hydrogen) atoms. The van der Waals surface area contributed by atoms with Gasteiger partial charge in [-0.2, -0.15) is 0 Å². The molecule has 0 aliphatic rings. The third-order valence-corrected chi connectivity index (χ3v) is 2.51. The van der Waals surface area contributed by atoms with Crippen molar-refractivity contribution in [1.29, 1.82) is 0 Å². The van der Waals surface area contributed by atoms with Gasteiger partial charge in [0.25, 0.3) is 0 Å². The molecule has 0 bridgehead atoms. The van der Waals surface area contributed by atoms with Gasteiger partial charge in [-0.15, -0.1) is 0 Å². The molecule has 0 unspecified atom stereocenters. The Morgan fingerprint density at radius 3 is 2.56 bits per heavy atom. The smallest absolute Gasteiger partial charge is 0.161 e. The van der Waals surface area contributed by atoms with Crippen LogP contribution in [-0.2, 0) is 6.61 Å². The van der Waals surface area contributed by atoms with E-state index in [4.69, 9.17) is 9.47 Å². The van der Waals surface area contributed by atoms with Crippen LogP contribution in [-0.4, -0.2) is 19.1 Å². The average Bonchev–Trinajstić information content (AvgIpc) is 2.45. The van der Waals surface area contributed by atoms with Crippen molar-refractivity contribution >= 4 is 5.82 Å². The molecule has 4 nitrogen and oxygen atoms in total. The summed E-state index contributed by atoms with van der Waals surface area (Å²) in [7, 11) is 3.47. The van der Waals surface area contributed by atoms with Crippen LogP contribution in [0.1, 0.15) is 5.69 Å². The first-order valence-electron chi connectivity index (χ1n) is 5.73. The number of anilines is 1. The molecule has 0 spiro atoms. The quantitative estimate of drug-likeness (QED) is 0.878. The van der Waals surface area contributed by atoms with Gasteiger partial charge in [0.1, 0.15) is 12.4 Å². The van der Waals surface area contributed by atoms with Crippen LogP contribution in [0.4, 0.5) is 5.82 Å². The van der Waals surface area contributed by atoms with Gasteiger partial charge >= 0.3 is 0 Å². The van der Waals surface area contributed by atoms with Crippen molar-refractivity contribution in [1.82, 2.24) is 4.98 Å². The average molecular weight is 244 g/mol. The zero-order chi connectivity index (χ0) is 12.8. The van der Waals surface area contributed by atoms with E-state index in [1.54, 1.807) is 7.11 Å². The highest BCUT2D eigenvalue weighted by molar-refractivity contribution is 5.39. The van der Waals surface area contributed by atoms with E-state index in [0.717, 1.165) is 23.0 Å². The molecule has 0 aliphatic carbocycles. The molecular weight excluding hydrogens is 228 g/mol. The molecule has 0 radical (unpaired) electrons. The van der Waals surface area contributed by atoms with Gasteiger partial charge in [-0.1, -0.05) is 18.2 Å². The van der Waals surface area contributed by atoms with E-state index in [2.05, 4.69) is 10.3 Å². The zero-order valence-electron chi connectivity index (χ0n) is 10.5. The molecule has 0 fully saturated rings. The number of methoxy groups -OCH3 is 1. The molecule has 2 aromatic rings.